The van der Waals surface area contributed by atoms with Crippen molar-refractivity contribution in [3.63, 3.8) is 0 Å². The van der Waals surface area contributed by atoms with Crippen molar-refractivity contribution in [1.82, 2.24) is 10.2 Å². The van der Waals surface area contributed by atoms with E-state index in [1.54, 1.807) is 0 Å². The molecule has 4 unspecified atom stereocenters. The number of piperidine rings is 1. The van der Waals surface area contributed by atoms with Gasteiger partial charge in [-0.3, -0.25) is 4.79 Å². The lowest BCUT2D eigenvalue weighted by Gasteiger charge is -2.36. The van der Waals surface area contributed by atoms with Crippen molar-refractivity contribution in [1.29, 1.82) is 0 Å². The van der Waals surface area contributed by atoms with E-state index in [-0.39, 0.29) is 17.9 Å². The molecule has 3 N–H and O–H groups in total. The van der Waals surface area contributed by atoms with Crippen molar-refractivity contribution < 1.29 is 4.79 Å². The minimum Gasteiger partial charge on any atom is -0.353 e. The van der Waals surface area contributed by atoms with Gasteiger partial charge in [-0.25, -0.2) is 0 Å². The number of likely N-dealkylation sites (tertiary alicyclic amines) is 1. The van der Waals surface area contributed by atoms with Gasteiger partial charge in [0.2, 0.25) is 5.91 Å². The van der Waals surface area contributed by atoms with Gasteiger partial charge in [-0.2, -0.15) is 0 Å². The van der Waals surface area contributed by atoms with Crippen molar-refractivity contribution in [3.8, 4) is 0 Å². The Bertz CT molecular complexity index is 295. The van der Waals surface area contributed by atoms with Gasteiger partial charge >= 0.3 is 0 Å². The van der Waals surface area contributed by atoms with Crippen LogP contribution in [0.5, 0.6) is 0 Å². The van der Waals surface area contributed by atoms with Crippen LogP contribution in [0.2, 0.25) is 0 Å². The molecule has 1 saturated carbocycles. The number of nitrogens with two attached hydrogens (primary N) is 1. The minimum absolute atomic E-state index is 0.153. The third kappa shape index (κ3) is 3.45. The van der Waals surface area contributed by atoms with E-state index < -0.39 is 0 Å². The van der Waals surface area contributed by atoms with Crippen molar-refractivity contribution in [2.24, 2.45) is 17.6 Å². The van der Waals surface area contributed by atoms with Gasteiger partial charge < -0.3 is 16.0 Å². The molecule has 1 heterocycles. The number of hydrogen-bond donors (Lipinski definition) is 2. The molecule has 2 fully saturated rings. The minimum atomic E-state index is 0.153. The summed E-state index contributed by atoms with van der Waals surface area (Å²) in [5.41, 5.74) is 5.95. The van der Waals surface area contributed by atoms with E-state index in [0.717, 1.165) is 45.2 Å². The first-order chi connectivity index (χ1) is 8.56. The molecular weight excluding hydrogens is 226 g/mol. The van der Waals surface area contributed by atoms with Crippen LogP contribution >= 0.6 is 0 Å². The molecule has 1 saturated heterocycles. The molecular formula is C14H27N3O. The van der Waals surface area contributed by atoms with Gasteiger partial charge in [0.05, 0.1) is 0 Å². The van der Waals surface area contributed by atoms with Gasteiger partial charge in [0.25, 0.3) is 0 Å². The highest BCUT2D eigenvalue weighted by molar-refractivity contribution is 5.79. The summed E-state index contributed by atoms with van der Waals surface area (Å²) >= 11 is 0. The van der Waals surface area contributed by atoms with Gasteiger partial charge in [0.1, 0.15) is 0 Å². The molecule has 0 aromatic rings. The second-order valence-electron chi connectivity index (χ2n) is 6.27. The molecule has 0 spiro atoms. The fraction of sp³-hybridized carbons (Fsp3) is 0.929. The van der Waals surface area contributed by atoms with E-state index in [0.29, 0.717) is 12.0 Å². The number of carbonyl (C=O) groups is 1. The highest BCUT2D eigenvalue weighted by Crippen LogP contribution is 2.24. The van der Waals surface area contributed by atoms with Crippen molar-refractivity contribution in [2.75, 3.05) is 20.1 Å². The number of amides is 1. The smallest absolute Gasteiger partial charge is 0.223 e. The first-order valence-electron chi connectivity index (χ1n) is 7.30. The lowest BCUT2D eigenvalue weighted by atomic mass is 9.85. The molecule has 0 aromatic heterocycles. The van der Waals surface area contributed by atoms with Crippen LogP contribution in [0.3, 0.4) is 0 Å². The van der Waals surface area contributed by atoms with E-state index in [1.165, 1.54) is 0 Å². The Hall–Kier alpha value is -0.610. The fourth-order valence-corrected chi connectivity index (χ4v) is 3.33. The molecule has 104 valence electrons. The van der Waals surface area contributed by atoms with Crippen LogP contribution < -0.4 is 11.1 Å². The van der Waals surface area contributed by atoms with Crippen molar-refractivity contribution in [3.05, 3.63) is 0 Å². The molecule has 2 rings (SSSR count). The monoisotopic (exact) mass is 253 g/mol. The zero-order valence-electron chi connectivity index (χ0n) is 11.7. The Morgan fingerprint density at radius 3 is 2.78 bits per heavy atom. The van der Waals surface area contributed by atoms with E-state index in [1.807, 2.05) is 0 Å². The average molecular weight is 253 g/mol. The zero-order valence-corrected chi connectivity index (χ0v) is 11.7. The van der Waals surface area contributed by atoms with Gasteiger partial charge in [0.15, 0.2) is 0 Å². The Labute approximate surface area is 110 Å². The van der Waals surface area contributed by atoms with Crippen molar-refractivity contribution >= 4 is 5.91 Å². The van der Waals surface area contributed by atoms with Crippen LogP contribution in [0, 0.1) is 11.8 Å². The fourth-order valence-electron chi connectivity index (χ4n) is 3.33. The zero-order chi connectivity index (χ0) is 13.1. The van der Waals surface area contributed by atoms with Crippen LogP contribution in [0.4, 0.5) is 0 Å². The molecule has 1 aliphatic heterocycles. The Morgan fingerprint density at radius 2 is 2.11 bits per heavy atom. The SMILES string of the molecule is CC1CN(C)CCC1NC(=O)C1CCCC(N)C1. The molecule has 2 aliphatic rings. The molecule has 4 nitrogen and oxygen atoms in total. The summed E-state index contributed by atoms with van der Waals surface area (Å²) in [6, 6.07) is 0.580. The van der Waals surface area contributed by atoms with Crippen LogP contribution in [0.25, 0.3) is 0 Å². The van der Waals surface area contributed by atoms with Gasteiger partial charge in [-0.1, -0.05) is 13.3 Å². The number of rotatable bonds is 2. The highest BCUT2D eigenvalue weighted by atomic mass is 16.1. The second kappa shape index (κ2) is 6.02. The average Bonchev–Trinajstić information content (AvgIpc) is 2.32. The predicted octanol–water partition coefficient (Wildman–Crippen LogP) is 0.960. The van der Waals surface area contributed by atoms with Crippen LogP contribution in [0.1, 0.15) is 39.0 Å². The van der Waals surface area contributed by atoms with Crippen LogP contribution in [-0.2, 0) is 4.79 Å². The molecule has 4 atom stereocenters. The molecule has 1 aliphatic carbocycles. The summed E-state index contributed by atoms with van der Waals surface area (Å²) in [5, 5.41) is 3.26. The molecule has 0 bridgehead atoms. The molecule has 0 radical (unpaired) electrons. The Balaban J connectivity index is 1.83. The second-order valence-corrected chi connectivity index (χ2v) is 6.27. The first kappa shape index (κ1) is 13.8. The Morgan fingerprint density at radius 1 is 1.33 bits per heavy atom. The lowest BCUT2D eigenvalue weighted by Crippen LogP contribution is -2.51. The Kier molecular flexibility index (Phi) is 4.62. The van der Waals surface area contributed by atoms with Gasteiger partial charge in [-0.15, -0.1) is 0 Å². The van der Waals surface area contributed by atoms with Gasteiger partial charge in [-0.05, 0) is 45.2 Å². The summed E-state index contributed by atoms with van der Waals surface area (Å²) in [7, 11) is 2.15. The standard InChI is InChI=1S/C14H27N3O/c1-10-9-17(2)7-6-13(10)16-14(18)11-4-3-5-12(15)8-11/h10-13H,3-9,15H2,1-2H3,(H,16,18). The summed E-state index contributed by atoms with van der Waals surface area (Å²) in [6.07, 6.45) is 5.13. The normalized spacial score (nSPS) is 38.4. The maximum atomic E-state index is 12.3. The maximum Gasteiger partial charge on any atom is 0.223 e. The summed E-state index contributed by atoms with van der Waals surface area (Å²) in [6.45, 7) is 4.39. The first-order valence-corrected chi connectivity index (χ1v) is 7.30. The molecule has 0 aromatic carbocycles. The number of carbonyl (C=O) groups excluding carboxylic acids is 1. The third-order valence-electron chi connectivity index (χ3n) is 4.52. The number of nitrogens with zero attached hydrogens (tertiary/aromatic N) is 1. The number of nitrogens with one attached hydrogen (secondary N) is 1. The third-order valence-corrected chi connectivity index (χ3v) is 4.52. The molecule has 4 heteroatoms. The maximum absolute atomic E-state index is 12.3. The van der Waals surface area contributed by atoms with E-state index in [9.17, 15) is 4.79 Å². The topological polar surface area (TPSA) is 58.4 Å². The molecule has 1 amide bonds. The predicted molar refractivity (Wildman–Crippen MR) is 73.1 cm³/mol. The quantitative estimate of drug-likeness (QED) is 0.770. The lowest BCUT2D eigenvalue weighted by molar-refractivity contribution is -0.127. The summed E-state index contributed by atoms with van der Waals surface area (Å²) < 4.78 is 0. The van der Waals surface area contributed by atoms with Gasteiger partial charge in [0, 0.05) is 24.5 Å². The van der Waals surface area contributed by atoms with E-state index >= 15 is 0 Å². The molecule has 18 heavy (non-hydrogen) atoms. The van der Waals surface area contributed by atoms with E-state index in [2.05, 4.69) is 24.2 Å². The van der Waals surface area contributed by atoms with E-state index in [4.69, 9.17) is 5.73 Å². The van der Waals surface area contributed by atoms with Crippen LogP contribution in [-0.4, -0.2) is 43.0 Å². The van der Waals surface area contributed by atoms with Crippen molar-refractivity contribution in [2.45, 2.75) is 51.1 Å². The largest absolute Gasteiger partial charge is 0.353 e. The number of hydrogen-bond acceptors (Lipinski definition) is 3. The summed E-state index contributed by atoms with van der Waals surface area (Å²) in [4.78, 5) is 14.6. The summed E-state index contributed by atoms with van der Waals surface area (Å²) in [5.74, 6) is 0.942. The highest BCUT2D eigenvalue weighted by Gasteiger charge is 2.30. The van der Waals surface area contributed by atoms with Crippen LogP contribution in [0.15, 0.2) is 0 Å².